The highest BCUT2D eigenvalue weighted by atomic mass is 32.2. The summed E-state index contributed by atoms with van der Waals surface area (Å²) in [5.41, 5.74) is 1.11. The summed E-state index contributed by atoms with van der Waals surface area (Å²) >= 11 is 0. The number of sulfone groups is 1. The molecule has 1 N–H and O–H groups in total. The molecular formula is C13H24N2O3S. The van der Waals surface area contributed by atoms with Crippen molar-refractivity contribution in [3.05, 3.63) is 23.7 Å². The minimum Gasteiger partial charge on any atom is -0.468 e. The topological polar surface area (TPSA) is 62.6 Å². The van der Waals surface area contributed by atoms with E-state index < -0.39 is 9.84 Å². The quantitative estimate of drug-likeness (QED) is 0.693. The van der Waals surface area contributed by atoms with Gasteiger partial charge in [0.1, 0.15) is 15.6 Å². The van der Waals surface area contributed by atoms with Crippen LogP contribution >= 0.6 is 0 Å². The lowest BCUT2D eigenvalue weighted by atomic mass is 10.2. The van der Waals surface area contributed by atoms with Gasteiger partial charge in [0.25, 0.3) is 0 Å². The lowest BCUT2D eigenvalue weighted by molar-refractivity contribution is 0.340. The molecule has 1 rings (SSSR count). The van der Waals surface area contributed by atoms with Crippen molar-refractivity contribution in [3.8, 4) is 0 Å². The average Bonchev–Trinajstić information content (AvgIpc) is 2.74. The zero-order valence-corrected chi connectivity index (χ0v) is 12.8. The summed E-state index contributed by atoms with van der Waals surface area (Å²) in [6.45, 7) is 5.04. The summed E-state index contributed by atoms with van der Waals surface area (Å²) in [5, 5.41) is 3.30. The lowest BCUT2D eigenvalue weighted by Gasteiger charge is -2.15. The second kappa shape index (κ2) is 7.67. The number of nitrogens with zero attached hydrogens (tertiary/aromatic N) is 1. The molecule has 0 aliphatic carbocycles. The molecule has 0 unspecified atom stereocenters. The molecule has 0 radical (unpaired) electrons. The minimum absolute atomic E-state index is 0.185. The molecule has 0 saturated heterocycles. The molecular weight excluding hydrogens is 264 g/mol. The van der Waals surface area contributed by atoms with Crippen LogP contribution in [0, 0.1) is 0 Å². The van der Waals surface area contributed by atoms with Gasteiger partial charge in [-0.1, -0.05) is 6.92 Å². The molecule has 0 aromatic carbocycles. The molecule has 5 nitrogen and oxygen atoms in total. The summed E-state index contributed by atoms with van der Waals surface area (Å²) in [7, 11) is -0.985. The van der Waals surface area contributed by atoms with Gasteiger partial charge in [-0.15, -0.1) is 0 Å². The molecule has 1 aromatic rings. The fraction of sp³-hybridized carbons (Fsp3) is 0.692. The Kier molecular flexibility index (Phi) is 6.54. The van der Waals surface area contributed by atoms with E-state index in [2.05, 4.69) is 12.2 Å². The normalized spacial score (nSPS) is 12.2. The lowest BCUT2D eigenvalue weighted by Crippen LogP contribution is -2.25. The van der Waals surface area contributed by atoms with E-state index in [1.807, 2.05) is 18.0 Å². The fourth-order valence-corrected chi connectivity index (χ4v) is 2.38. The van der Waals surface area contributed by atoms with E-state index in [0.717, 1.165) is 30.8 Å². The molecule has 0 spiro atoms. The Hall–Kier alpha value is -0.850. The summed E-state index contributed by atoms with van der Waals surface area (Å²) in [6.07, 6.45) is 4.03. The molecule has 0 atom stereocenters. The number of nitrogens with one attached hydrogen (secondary N) is 1. The monoisotopic (exact) mass is 288 g/mol. The van der Waals surface area contributed by atoms with Crippen molar-refractivity contribution >= 4 is 9.84 Å². The predicted octanol–water partition coefficient (Wildman–Crippen LogP) is 1.26. The van der Waals surface area contributed by atoms with Crippen molar-refractivity contribution in [2.75, 3.05) is 32.1 Å². The van der Waals surface area contributed by atoms with Gasteiger partial charge in [-0.3, -0.25) is 0 Å². The van der Waals surface area contributed by atoms with Gasteiger partial charge in [-0.2, -0.15) is 0 Å². The molecule has 0 fully saturated rings. The molecule has 0 bridgehead atoms. The predicted molar refractivity (Wildman–Crippen MR) is 76.8 cm³/mol. The Labute approximate surface area is 115 Å². The second-order valence-corrected chi connectivity index (χ2v) is 7.17. The van der Waals surface area contributed by atoms with Gasteiger partial charge in [-0.25, -0.2) is 8.42 Å². The second-order valence-electron chi connectivity index (χ2n) is 4.91. The van der Waals surface area contributed by atoms with E-state index in [9.17, 15) is 8.42 Å². The van der Waals surface area contributed by atoms with Crippen molar-refractivity contribution < 1.29 is 12.8 Å². The van der Waals surface area contributed by atoms with E-state index in [1.54, 1.807) is 6.26 Å². The number of rotatable bonds is 9. The molecule has 0 aliphatic rings. The zero-order valence-electron chi connectivity index (χ0n) is 12.0. The van der Waals surface area contributed by atoms with Gasteiger partial charge in [0, 0.05) is 24.9 Å². The average molecular weight is 288 g/mol. The van der Waals surface area contributed by atoms with Crippen molar-refractivity contribution in [3.63, 3.8) is 0 Å². The Morgan fingerprint density at radius 1 is 1.42 bits per heavy atom. The Morgan fingerprint density at radius 3 is 2.79 bits per heavy atom. The van der Waals surface area contributed by atoms with Crippen LogP contribution in [0.25, 0.3) is 0 Å². The standard InChI is InChI=1S/C13H24N2O3S/c1-4-6-14-10-13-12(5-8-18-13)11-15(2)7-9-19(3,16)17/h5,8,14H,4,6-7,9-11H2,1-3H3. The number of furan rings is 1. The third-order valence-corrected chi connectivity index (χ3v) is 3.76. The van der Waals surface area contributed by atoms with Crippen LogP contribution in [0.4, 0.5) is 0 Å². The van der Waals surface area contributed by atoms with Crippen LogP contribution in [0.15, 0.2) is 16.7 Å². The number of hydrogen-bond donors (Lipinski definition) is 1. The molecule has 6 heteroatoms. The van der Waals surface area contributed by atoms with Crippen LogP contribution in [0.3, 0.4) is 0 Å². The van der Waals surface area contributed by atoms with Crippen LogP contribution < -0.4 is 5.32 Å². The van der Waals surface area contributed by atoms with Gasteiger partial charge in [0.05, 0.1) is 18.6 Å². The maximum Gasteiger partial charge on any atom is 0.148 e. The Morgan fingerprint density at radius 2 is 2.16 bits per heavy atom. The molecule has 0 amide bonds. The van der Waals surface area contributed by atoms with Gasteiger partial charge >= 0.3 is 0 Å². The first-order valence-electron chi connectivity index (χ1n) is 6.54. The summed E-state index contributed by atoms with van der Waals surface area (Å²) in [5.74, 6) is 1.12. The SMILES string of the molecule is CCCNCc1occc1CN(C)CCS(C)(=O)=O. The van der Waals surface area contributed by atoms with E-state index in [1.165, 1.54) is 6.26 Å². The van der Waals surface area contributed by atoms with E-state index in [4.69, 9.17) is 4.42 Å². The van der Waals surface area contributed by atoms with Crippen molar-refractivity contribution in [2.24, 2.45) is 0 Å². The maximum absolute atomic E-state index is 11.1. The van der Waals surface area contributed by atoms with Crippen LogP contribution in [-0.4, -0.2) is 45.5 Å². The zero-order chi connectivity index (χ0) is 14.3. The van der Waals surface area contributed by atoms with Crippen LogP contribution in [0.5, 0.6) is 0 Å². The van der Waals surface area contributed by atoms with Crippen LogP contribution in [0.2, 0.25) is 0 Å². The third kappa shape index (κ3) is 6.75. The minimum atomic E-state index is -2.90. The highest BCUT2D eigenvalue weighted by Gasteiger charge is 2.10. The van der Waals surface area contributed by atoms with Crippen LogP contribution in [-0.2, 0) is 22.9 Å². The molecule has 1 aromatic heterocycles. The van der Waals surface area contributed by atoms with Gasteiger partial charge in [0.15, 0.2) is 0 Å². The summed E-state index contributed by atoms with van der Waals surface area (Å²) in [6, 6.07) is 1.94. The first-order chi connectivity index (χ1) is 8.92. The smallest absolute Gasteiger partial charge is 0.148 e. The molecule has 1 heterocycles. The Bertz CT molecular complexity index is 468. The molecule has 19 heavy (non-hydrogen) atoms. The van der Waals surface area contributed by atoms with E-state index in [-0.39, 0.29) is 5.75 Å². The fourth-order valence-electron chi connectivity index (χ4n) is 1.73. The first kappa shape index (κ1) is 16.2. The maximum atomic E-state index is 11.1. The van der Waals surface area contributed by atoms with Crippen LogP contribution in [0.1, 0.15) is 24.7 Å². The molecule has 0 aliphatic heterocycles. The first-order valence-corrected chi connectivity index (χ1v) is 8.60. The summed E-state index contributed by atoms with van der Waals surface area (Å²) in [4.78, 5) is 2.00. The van der Waals surface area contributed by atoms with Gasteiger partial charge in [-0.05, 0) is 26.1 Å². The van der Waals surface area contributed by atoms with E-state index in [0.29, 0.717) is 13.1 Å². The highest BCUT2D eigenvalue weighted by molar-refractivity contribution is 7.90. The third-order valence-electron chi connectivity index (χ3n) is 2.83. The van der Waals surface area contributed by atoms with Crippen molar-refractivity contribution in [2.45, 2.75) is 26.4 Å². The summed E-state index contributed by atoms with van der Waals surface area (Å²) < 4.78 is 27.7. The van der Waals surface area contributed by atoms with Gasteiger partial charge in [0.2, 0.25) is 0 Å². The van der Waals surface area contributed by atoms with E-state index >= 15 is 0 Å². The largest absolute Gasteiger partial charge is 0.468 e. The molecule has 0 saturated carbocycles. The number of hydrogen-bond acceptors (Lipinski definition) is 5. The highest BCUT2D eigenvalue weighted by Crippen LogP contribution is 2.12. The molecule has 110 valence electrons. The van der Waals surface area contributed by atoms with Crippen molar-refractivity contribution in [1.82, 2.24) is 10.2 Å². The van der Waals surface area contributed by atoms with Gasteiger partial charge < -0.3 is 14.6 Å². The Balaban J connectivity index is 2.45. The van der Waals surface area contributed by atoms with Crippen molar-refractivity contribution in [1.29, 1.82) is 0 Å².